The summed E-state index contributed by atoms with van der Waals surface area (Å²) in [6.07, 6.45) is 9.36. The molecule has 2 aliphatic rings. The van der Waals surface area contributed by atoms with Crippen LogP contribution in [-0.4, -0.2) is 23.6 Å². The third-order valence-corrected chi connectivity index (χ3v) is 5.53. The van der Waals surface area contributed by atoms with Gasteiger partial charge in [-0.1, -0.05) is 51.7 Å². The SMILES string of the molecule is CCN1N=NC2CCCCCCC(C)(C(C)C)CC21. The average molecular weight is 265 g/mol. The highest BCUT2D eigenvalue weighted by Gasteiger charge is 2.39. The van der Waals surface area contributed by atoms with Crippen molar-refractivity contribution in [2.75, 3.05) is 6.54 Å². The molecule has 1 fully saturated rings. The number of fused-ring (bicyclic) bond motifs is 1. The molecule has 3 atom stereocenters. The fourth-order valence-electron chi connectivity index (χ4n) is 3.60. The van der Waals surface area contributed by atoms with Gasteiger partial charge in [-0.25, -0.2) is 0 Å². The van der Waals surface area contributed by atoms with Gasteiger partial charge in [0.05, 0.1) is 12.1 Å². The van der Waals surface area contributed by atoms with Crippen LogP contribution in [0.15, 0.2) is 10.3 Å². The van der Waals surface area contributed by atoms with Crippen LogP contribution >= 0.6 is 0 Å². The van der Waals surface area contributed by atoms with Gasteiger partial charge in [-0.05, 0) is 37.5 Å². The first-order valence-electron chi connectivity index (χ1n) is 8.24. The van der Waals surface area contributed by atoms with Crippen molar-refractivity contribution in [1.82, 2.24) is 5.01 Å². The molecule has 0 amide bonds. The predicted molar refractivity (Wildman–Crippen MR) is 80.1 cm³/mol. The van der Waals surface area contributed by atoms with Gasteiger partial charge in [0.25, 0.3) is 0 Å². The summed E-state index contributed by atoms with van der Waals surface area (Å²) in [5.74, 6) is 0.742. The fourth-order valence-corrected chi connectivity index (χ4v) is 3.60. The lowest BCUT2D eigenvalue weighted by Gasteiger charge is -2.39. The van der Waals surface area contributed by atoms with E-state index in [0.29, 0.717) is 17.5 Å². The quantitative estimate of drug-likeness (QED) is 0.702. The Kier molecular flexibility index (Phi) is 4.86. The smallest absolute Gasteiger partial charge is 0.0949 e. The molecular formula is C16H31N3. The first-order valence-corrected chi connectivity index (χ1v) is 8.24. The maximum Gasteiger partial charge on any atom is 0.0949 e. The molecule has 19 heavy (non-hydrogen) atoms. The van der Waals surface area contributed by atoms with Gasteiger partial charge in [0, 0.05) is 6.54 Å². The Hall–Kier alpha value is -0.600. The second-order valence-corrected chi connectivity index (χ2v) is 7.06. The summed E-state index contributed by atoms with van der Waals surface area (Å²) in [4.78, 5) is 0. The Balaban J connectivity index is 2.15. The van der Waals surface area contributed by atoms with Crippen LogP contribution in [0, 0.1) is 11.3 Å². The lowest BCUT2D eigenvalue weighted by Crippen LogP contribution is -2.41. The van der Waals surface area contributed by atoms with Gasteiger partial charge in [-0.15, -0.1) is 0 Å². The van der Waals surface area contributed by atoms with Crippen LogP contribution in [0.25, 0.3) is 0 Å². The summed E-state index contributed by atoms with van der Waals surface area (Å²) in [6.45, 7) is 10.5. The van der Waals surface area contributed by atoms with E-state index in [1.807, 2.05) is 0 Å². The second-order valence-electron chi connectivity index (χ2n) is 7.06. The van der Waals surface area contributed by atoms with Crippen molar-refractivity contribution in [3.05, 3.63) is 0 Å². The van der Waals surface area contributed by atoms with E-state index in [4.69, 9.17) is 0 Å². The molecule has 1 aliphatic heterocycles. The van der Waals surface area contributed by atoms with E-state index >= 15 is 0 Å². The highest BCUT2D eigenvalue weighted by atomic mass is 15.6. The van der Waals surface area contributed by atoms with Gasteiger partial charge < -0.3 is 0 Å². The first-order chi connectivity index (χ1) is 9.07. The minimum absolute atomic E-state index is 0.447. The first kappa shape index (κ1) is 14.8. The number of likely N-dealkylation sites (N-methyl/N-ethyl adjacent to an activating group) is 1. The lowest BCUT2D eigenvalue weighted by molar-refractivity contribution is 0.0971. The largest absolute Gasteiger partial charge is 0.274 e. The lowest BCUT2D eigenvalue weighted by atomic mass is 9.69. The number of hydrogen-bond donors (Lipinski definition) is 0. The second kappa shape index (κ2) is 6.23. The summed E-state index contributed by atoms with van der Waals surface area (Å²) in [6, 6.07) is 1.01. The van der Waals surface area contributed by atoms with E-state index in [9.17, 15) is 0 Å². The van der Waals surface area contributed by atoms with Crippen LogP contribution in [0.3, 0.4) is 0 Å². The molecule has 0 radical (unpaired) electrons. The molecule has 0 N–H and O–H groups in total. The molecule has 0 aromatic rings. The van der Waals surface area contributed by atoms with Crippen molar-refractivity contribution < 1.29 is 0 Å². The zero-order valence-electron chi connectivity index (χ0n) is 13.2. The van der Waals surface area contributed by atoms with Crippen LogP contribution in [0.2, 0.25) is 0 Å². The molecule has 3 nitrogen and oxygen atoms in total. The molecule has 3 heteroatoms. The van der Waals surface area contributed by atoms with Crippen molar-refractivity contribution in [3.8, 4) is 0 Å². The molecule has 2 rings (SSSR count). The summed E-state index contributed by atoms with van der Waals surface area (Å²) in [5.41, 5.74) is 0.447. The Bertz CT molecular complexity index is 313. The summed E-state index contributed by atoms with van der Waals surface area (Å²) in [5, 5.41) is 11.2. The Morgan fingerprint density at radius 3 is 2.63 bits per heavy atom. The van der Waals surface area contributed by atoms with E-state index in [0.717, 1.165) is 12.5 Å². The summed E-state index contributed by atoms with van der Waals surface area (Å²) >= 11 is 0. The van der Waals surface area contributed by atoms with Gasteiger partial charge in [0.2, 0.25) is 0 Å². The van der Waals surface area contributed by atoms with E-state index in [1.165, 1.54) is 44.9 Å². The van der Waals surface area contributed by atoms with Crippen molar-refractivity contribution in [1.29, 1.82) is 0 Å². The number of nitrogens with zero attached hydrogens (tertiary/aromatic N) is 3. The van der Waals surface area contributed by atoms with Crippen molar-refractivity contribution in [3.63, 3.8) is 0 Å². The van der Waals surface area contributed by atoms with E-state index in [-0.39, 0.29) is 0 Å². The Labute approximate surface area is 118 Å². The topological polar surface area (TPSA) is 28.0 Å². The van der Waals surface area contributed by atoms with Gasteiger partial charge in [-0.3, -0.25) is 5.01 Å². The molecule has 0 spiro atoms. The monoisotopic (exact) mass is 265 g/mol. The molecule has 0 saturated heterocycles. The molecule has 0 aromatic carbocycles. The highest BCUT2D eigenvalue weighted by molar-refractivity contribution is 4.93. The van der Waals surface area contributed by atoms with Crippen LogP contribution < -0.4 is 0 Å². The molecule has 1 aliphatic carbocycles. The standard InChI is InChI=1S/C16H31N3/c1-5-19-15-12-16(4,13(2)3)11-9-7-6-8-10-14(15)17-18-19/h13-15H,5-12H2,1-4H3. The van der Waals surface area contributed by atoms with Crippen molar-refractivity contribution in [2.45, 2.75) is 84.7 Å². The maximum atomic E-state index is 4.56. The van der Waals surface area contributed by atoms with E-state index in [1.54, 1.807) is 0 Å². The third-order valence-electron chi connectivity index (χ3n) is 5.53. The number of rotatable bonds is 2. The van der Waals surface area contributed by atoms with Gasteiger partial charge >= 0.3 is 0 Å². The van der Waals surface area contributed by atoms with E-state index in [2.05, 4.69) is 43.0 Å². The minimum Gasteiger partial charge on any atom is -0.274 e. The molecule has 3 unspecified atom stereocenters. The molecule has 0 bridgehead atoms. The highest BCUT2D eigenvalue weighted by Crippen LogP contribution is 2.42. The molecule has 0 aromatic heterocycles. The number of hydrogen-bond acceptors (Lipinski definition) is 3. The average Bonchev–Trinajstić information content (AvgIpc) is 2.76. The van der Waals surface area contributed by atoms with Crippen molar-refractivity contribution in [2.24, 2.45) is 21.7 Å². The van der Waals surface area contributed by atoms with Crippen LogP contribution in [0.5, 0.6) is 0 Å². The van der Waals surface area contributed by atoms with Crippen LogP contribution in [-0.2, 0) is 0 Å². The van der Waals surface area contributed by atoms with E-state index < -0.39 is 0 Å². The molecule has 110 valence electrons. The van der Waals surface area contributed by atoms with Gasteiger partial charge in [-0.2, -0.15) is 5.11 Å². The van der Waals surface area contributed by atoms with Crippen molar-refractivity contribution >= 4 is 0 Å². The van der Waals surface area contributed by atoms with Gasteiger partial charge in [0.1, 0.15) is 0 Å². The van der Waals surface area contributed by atoms with Crippen LogP contribution in [0.1, 0.15) is 72.6 Å². The Morgan fingerprint density at radius 2 is 1.95 bits per heavy atom. The fraction of sp³-hybridized carbons (Fsp3) is 1.00. The zero-order chi connectivity index (χ0) is 13.9. The molecule has 1 saturated carbocycles. The molecular weight excluding hydrogens is 234 g/mol. The Morgan fingerprint density at radius 1 is 1.21 bits per heavy atom. The normalized spacial score (nSPS) is 36.6. The predicted octanol–water partition coefficient (Wildman–Crippen LogP) is 4.83. The van der Waals surface area contributed by atoms with Crippen LogP contribution in [0.4, 0.5) is 0 Å². The summed E-state index contributed by atoms with van der Waals surface area (Å²) < 4.78 is 0. The third kappa shape index (κ3) is 3.29. The summed E-state index contributed by atoms with van der Waals surface area (Å²) in [7, 11) is 0. The maximum absolute atomic E-state index is 4.56. The minimum atomic E-state index is 0.447. The zero-order valence-corrected chi connectivity index (χ0v) is 13.2. The van der Waals surface area contributed by atoms with Gasteiger partial charge in [0.15, 0.2) is 0 Å². The molecule has 1 heterocycles.